The third-order valence-electron chi connectivity index (χ3n) is 5.86. The third-order valence-corrected chi connectivity index (χ3v) is 5.86. The van der Waals surface area contributed by atoms with Crippen LogP contribution >= 0.6 is 0 Å². The number of piperidine rings is 1. The first kappa shape index (κ1) is 17.5. The van der Waals surface area contributed by atoms with Crippen LogP contribution in [0.1, 0.15) is 36.8 Å². The number of aryl methyl sites for hydroxylation is 2. The number of rotatable bonds is 3. The Balaban J connectivity index is 1.42. The van der Waals surface area contributed by atoms with E-state index >= 15 is 0 Å². The maximum Gasteiger partial charge on any atom is 0.240 e. The smallest absolute Gasteiger partial charge is 0.240 e. The molecule has 1 aromatic rings. The largest absolute Gasteiger partial charge is 0.347 e. The average Bonchev–Trinajstić information content (AvgIpc) is 3.34. The van der Waals surface area contributed by atoms with E-state index in [1.807, 2.05) is 36.9 Å². The summed E-state index contributed by atoms with van der Waals surface area (Å²) in [5.41, 5.74) is 1.99. The minimum absolute atomic E-state index is 0.0480. The quantitative estimate of drug-likeness (QED) is 0.843. The van der Waals surface area contributed by atoms with Crippen molar-refractivity contribution in [1.29, 1.82) is 0 Å². The molecule has 140 valence electrons. The average molecular weight is 358 g/mol. The van der Waals surface area contributed by atoms with E-state index in [4.69, 9.17) is 9.47 Å². The number of hydrogen-bond acceptors (Lipinski definition) is 4. The molecule has 6 nitrogen and oxygen atoms in total. The second kappa shape index (κ2) is 6.35. The Bertz CT molecular complexity index is 725. The molecule has 0 aromatic heterocycles. The molecular formula is C20H26N2O4. The predicted molar refractivity (Wildman–Crippen MR) is 96.7 cm³/mol. The van der Waals surface area contributed by atoms with Crippen LogP contribution in [0.4, 0.5) is 5.69 Å². The highest BCUT2D eigenvalue weighted by molar-refractivity contribution is 6.13. The molecule has 3 aliphatic rings. The van der Waals surface area contributed by atoms with Crippen LogP contribution in [0.25, 0.3) is 0 Å². The van der Waals surface area contributed by atoms with Gasteiger partial charge in [-0.05, 0) is 43.9 Å². The Hall–Kier alpha value is -1.92. The van der Waals surface area contributed by atoms with Crippen molar-refractivity contribution in [1.82, 2.24) is 4.90 Å². The minimum atomic E-state index is -0.891. The normalized spacial score (nSPS) is 23.1. The maximum absolute atomic E-state index is 13.1. The Kier molecular flexibility index (Phi) is 4.28. The van der Waals surface area contributed by atoms with Crippen LogP contribution in [0, 0.1) is 19.3 Å². The Labute approximate surface area is 153 Å². The topological polar surface area (TPSA) is 67.9 Å². The second-order valence-corrected chi connectivity index (χ2v) is 7.75. The summed E-state index contributed by atoms with van der Waals surface area (Å²) in [6.45, 7) is 6.35. The Morgan fingerprint density at radius 3 is 2.31 bits per heavy atom. The molecule has 1 saturated carbocycles. The number of carbonyl (C=O) groups excluding carboxylic acids is 2. The van der Waals surface area contributed by atoms with Gasteiger partial charge in [0.15, 0.2) is 5.79 Å². The fourth-order valence-electron chi connectivity index (χ4n) is 3.91. The predicted octanol–water partition coefficient (Wildman–Crippen LogP) is 2.39. The highest BCUT2D eigenvalue weighted by Gasteiger charge is 2.58. The van der Waals surface area contributed by atoms with Crippen molar-refractivity contribution in [3.05, 3.63) is 29.3 Å². The van der Waals surface area contributed by atoms with Gasteiger partial charge in [0.05, 0.1) is 13.2 Å². The number of nitrogens with zero attached hydrogens (tertiary/aromatic N) is 1. The van der Waals surface area contributed by atoms with Crippen molar-refractivity contribution >= 4 is 17.5 Å². The molecule has 4 rings (SSSR count). The van der Waals surface area contributed by atoms with Crippen molar-refractivity contribution in [2.75, 3.05) is 31.6 Å². The summed E-state index contributed by atoms with van der Waals surface area (Å²) in [5.74, 6) is -0.730. The molecule has 2 amide bonds. The van der Waals surface area contributed by atoms with Crippen LogP contribution in [-0.4, -0.2) is 48.8 Å². The van der Waals surface area contributed by atoms with Crippen molar-refractivity contribution in [2.24, 2.45) is 5.41 Å². The van der Waals surface area contributed by atoms with E-state index in [0.717, 1.165) is 16.8 Å². The van der Waals surface area contributed by atoms with Gasteiger partial charge in [0.1, 0.15) is 5.41 Å². The molecule has 2 aliphatic heterocycles. The standard InChI is InChI=1S/C20H26N2O4/c1-14-3-4-15(2)16(13-14)21-17(23)19(5-6-19)18(24)22-9-7-20(8-10-22)25-11-12-26-20/h3-4,13H,5-12H2,1-2H3,(H,21,23). The zero-order valence-electron chi connectivity index (χ0n) is 15.5. The molecule has 1 N–H and O–H groups in total. The van der Waals surface area contributed by atoms with Gasteiger partial charge in [-0.25, -0.2) is 0 Å². The van der Waals surface area contributed by atoms with E-state index < -0.39 is 11.2 Å². The Morgan fingerprint density at radius 2 is 1.69 bits per heavy atom. The van der Waals surface area contributed by atoms with Crippen LogP contribution in [0.2, 0.25) is 0 Å². The number of ether oxygens (including phenoxy) is 2. The summed E-state index contributed by atoms with van der Waals surface area (Å²) >= 11 is 0. The van der Waals surface area contributed by atoms with Gasteiger partial charge in [0, 0.05) is 31.6 Å². The Morgan fingerprint density at radius 1 is 1.04 bits per heavy atom. The summed E-state index contributed by atoms with van der Waals surface area (Å²) in [4.78, 5) is 27.8. The summed E-state index contributed by atoms with van der Waals surface area (Å²) in [6, 6.07) is 5.95. The van der Waals surface area contributed by atoms with E-state index in [1.54, 1.807) is 0 Å². The van der Waals surface area contributed by atoms with E-state index in [9.17, 15) is 9.59 Å². The molecule has 0 unspecified atom stereocenters. The molecule has 0 atom stereocenters. The van der Waals surface area contributed by atoms with Crippen LogP contribution < -0.4 is 5.32 Å². The molecule has 3 fully saturated rings. The molecule has 0 bridgehead atoms. The first-order valence-corrected chi connectivity index (χ1v) is 9.40. The van der Waals surface area contributed by atoms with Crippen molar-refractivity contribution in [3.8, 4) is 0 Å². The number of carbonyl (C=O) groups is 2. The van der Waals surface area contributed by atoms with Crippen LogP contribution in [0.3, 0.4) is 0 Å². The van der Waals surface area contributed by atoms with Gasteiger partial charge in [-0.1, -0.05) is 12.1 Å². The highest BCUT2D eigenvalue weighted by atomic mass is 16.7. The van der Waals surface area contributed by atoms with E-state index in [2.05, 4.69) is 5.32 Å². The molecule has 1 aliphatic carbocycles. The first-order valence-electron chi connectivity index (χ1n) is 9.40. The number of anilines is 1. The zero-order chi connectivity index (χ0) is 18.4. The van der Waals surface area contributed by atoms with Gasteiger partial charge >= 0.3 is 0 Å². The van der Waals surface area contributed by atoms with Gasteiger partial charge < -0.3 is 19.7 Å². The number of hydrogen-bond donors (Lipinski definition) is 1. The fraction of sp³-hybridized carbons (Fsp3) is 0.600. The van der Waals surface area contributed by atoms with Crippen molar-refractivity contribution in [2.45, 2.75) is 45.3 Å². The van der Waals surface area contributed by atoms with Gasteiger partial charge in [-0.15, -0.1) is 0 Å². The lowest BCUT2D eigenvalue weighted by Crippen LogP contribution is -2.51. The molecule has 1 spiro atoms. The second-order valence-electron chi connectivity index (χ2n) is 7.75. The number of likely N-dealkylation sites (tertiary alicyclic amines) is 1. The molecule has 6 heteroatoms. The first-order chi connectivity index (χ1) is 12.4. The summed E-state index contributed by atoms with van der Waals surface area (Å²) < 4.78 is 11.4. The highest BCUT2D eigenvalue weighted by Crippen LogP contribution is 2.49. The summed E-state index contributed by atoms with van der Waals surface area (Å²) in [6.07, 6.45) is 2.59. The van der Waals surface area contributed by atoms with E-state index in [1.165, 1.54) is 0 Å². The fourth-order valence-corrected chi connectivity index (χ4v) is 3.91. The van der Waals surface area contributed by atoms with Gasteiger partial charge in [0.25, 0.3) is 0 Å². The lowest BCUT2D eigenvalue weighted by molar-refractivity contribution is -0.188. The number of benzene rings is 1. The lowest BCUT2D eigenvalue weighted by Gasteiger charge is -2.38. The third kappa shape index (κ3) is 3.01. The van der Waals surface area contributed by atoms with Crippen LogP contribution in [0.15, 0.2) is 18.2 Å². The number of amides is 2. The van der Waals surface area contributed by atoms with Crippen molar-refractivity contribution in [3.63, 3.8) is 0 Å². The molecule has 1 aromatic carbocycles. The van der Waals surface area contributed by atoms with Crippen LogP contribution in [-0.2, 0) is 19.1 Å². The molecule has 0 radical (unpaired) electrons. The molecule has 26 heavy (non-hydrogen) atoms. The molecule has 2 heterocycles. The SMILES string of the molecule is Cc1ccc(C)c(NC(=O)C2(C(=O)N3CCC4(CC3)OCCO4)CC2)c1. The van der Waals surface area contributed by atoms with E-state index in [0.29, 0.717) is 52.0 Å². The minimum Gasteiger partial charge on any atom is -0.347 e. The zero-order valence-corrected chi connectivity index (χ0v) is 15.5. The van der Waals surface area contributed by atoms with Crippen LogP contribution in [0.5, 0.6) is 0 Å². The summed E-state index contributed by atoms with van der Waals surface area (Å²) in [5, 5.41) is 2.99. The van der Waals surface area contributed by atoms with E-state index in [-0.39, 0.29) is 11.8 Å². The summed E-state index contributed by atoms with van der Waals surface area (Å²) in [7, 11) is 0. The van der Waals surface area contributed by atoms with Gasteiger partial charge in [0.2, 0.25) is 11.8 Å². The molecule has 2 saturated heterocycles. The maximum atomic E-state index is 13.1. The lowest BCUT2D eigenvalue weighted by atomic mass is 9.98. The monoisotopic (exact) mass is 358 g/mol. The van der Waals surface area contributed by atoms with Gasteiger partial charge in [-0.3, -0.25) is 9.59 Å². The van der Waals surface area contributed by atoms with Gasteiger partial charge in [-0.2, -0.15) is 0 Å². The molecular weight excluding hydrogens is 332 g/mol. The van der Waals surface area contributed by atoms with Crippen molar-refractivity contribution < 1.29 is 19.1 Å². The number of nitrogens with one attached hydrogen (secondary N) is 1.